The summed E-state index contributed by atoms with van der Waals surface area (Å²) in [6.07, 6.45) is 2.62. The minimum atomic E-state index is 0.230. The molecule has 0 fully saturated rings. The van der Waals surface area contributed by atoms with E-state index in [2.05, 4.69) is 11.8 Å². The van der Waals surface area contributed by atoms with Gasteiger partial charge in [0.1, 0.15) is 12.4 Å². The van der Waals surface area contributed by atoms with E-state index in [9.17, 15) is 4.79 Å². The fourth-order valence-corrected chi connectivity index (χ4v) is 1.89. The third-order valence-electron chi connectivity index (χ3n) is 2.72. The second-order valence-corrected chi connectivity index (χ2v) is 3.81. The zero-order valence-electron chi connectivity index (χ0n) is 9.38. The molecular weight excluding hydrogens is 200 g/mol. The summed E-state index contributed by atoms with van der Waals surface area (Å²) in [6.45, 7) is 2.16. The molecule has 1 aromatic carbocycles. The summed E-state index contributed by atoms with van der Waals surface area (Å²) in [7, 11) is 0. The Bertz CT molecular complexity index is 463. The quantitative estimate of drug-likeness (QED) is 0.707. The van der Waals surface area contributed by atoms with E-state index in [-0.39, 0.29) is 5.78 Å². The molecule has 0 unspecified atom stereocenters. The first-order valence-corrected chi connectivity index (χ1v) is 5.50. The standard InChI is InChI=1S/C14H14O2/c1-2-3-9-16-12-8-7-11-5-4-6-14(15)13(11)10-12/h7-8,10H,4-6,9H2,1H3. The monoisotopic (exact) mass is 214 g/mol. The van der Waals surface area contributed by atoms with Crippen LogP contribution in [-0.2, 0) is 6.42 Å². The summed E-state index contributed by atoms with van der Waals surface area (Å²) < 4.78 is 5.43. The molecule has 0 saturated carbocycles. The maximum Gasteiger partial charge on any atom is 0.163 e. The van der Waals surface area contributed by atoms with Crippen LogP contribution in [0.25, 0.3) is 0 Å². The Labute approximate surface area is 95.6 Å². The van der Waals surface area contributed by atoms with Crippen molar-refractivity contribution in [3.63, 3.8) is 0 Å². The average molecular weight is 214 g/mol. The fourth-order valence-electron chi connectivity index (χ4n) is 1.89. The van der Waals surface area contributed by atoms with Crippen molar-refractivity contribution in [2.45, 2.75) is 26.2 Å². The van der Waals surface area contributed by atoms with E-state index < -0.39 is 0 Å². The van der Waals surface area contributed by atoms with Crippen LogP contribution in [0.1, 0.15) is 35.7 Å². The van der Waals surface area contributed by atoms with Crippen molar-refractivity contribution in [3.05, 3.63) is 29.3 Å². The molecule has 0 atom stereocenters. The lowest BCUT2D eigenvalue weighted by Crippen LogP contribution is -2.10. The van der Waals surface area contributed by atoms with Crippen LogP contribution >= 0.6 is 0 Å². The molecule has 1 aliphatic carbocycles. The number of hydrogen-bond donors (Lipinski definition) is 0. The van der Waals surface area contributed by atoms with Gasteiger partial charge in [-0.15, -0.1) is 5.92 Å². The van der Waals surface area contributed by atoms with Crippen LogP contribution in [-0.4, -0.2) is 12.4 Å². The van der Waals surface area contributed by atoms with Crippen molar-refractivity contribution < 1.29 is 9.53 Å². The average Bonchev–Trinajstić information content (AvgIpc) is 2.30. The van der Waals surface area contributed by atoms with Gasteiger partial charge in [-0.2, -0.15) is 0 Å². The number of carbonyl (C=O) groups excluding carboxylic acids is 1. The van der Waals surface area contributed by atoms with Crippen molar-refractivity contribution in [1.29, 1.82) is 0 Å². The highest BCUT2D eigenvalue weighted by atomic mass is 16.5. The van der Waals surface area contributed by atoms with Gasteiger partial charge in [-0.05, 0) is 37.5 Å². The Balaban J connectivity index is 2.19. The smallest absolute Gasteiger partial charge is 0.163 e. The molecule has 2 heteroatoms. The van der Waals surface area contributed by atoms with Crippen LogP contribution < -0.4 is 4.74 Å². The third-order valence-corrected chi connectivity index (χ3v) is 2.72. The number of aryl methyl sites for hydroxylation is 1. The van der Waals surface area contributed by atoms with Gasteiger partial charge in [0.25, 0.3) is 0 Å². The Morgan fingerprint density at radius 1 is 1.38 bits per heavy atom. The first kappa shape index (κ1) is 10.8. The van der Waals surface area contributed by atoms with Crippen molar-refractivity contribution in [3.8, 4) is 17.6 Å². The number of ether oxygens (including phenoxy) is 1. The topological polar surface area (TPSA) is 26.3 Å². The number of hydrogen-bond acceptors (Lipinski definition) is 2. The molecule has 0 aromatic heterocycles. The summed E-state index contributed by atoms with van der Waals surface area (Å²) in [5, 5.41) is 0. The Morgan fingerprint density at radius 3 is 3.06 bits per heavy atom. The largest absolute Gasteiger partial charge is 0.481 e. The van der Waals surface area contributed by atoms with Gasteiger partial charge in [0.15, 0.2) is 5.78 Å². The van der Waals surface area contributed by atoms with E-state index in [1.165, 1.54) is 0 Å². The summed E-state index contributed by atoms with van der Waals surface area (Å²) in [6, 6.07) is 5.74. The Hall–Kier alpha value is -1.75. The zero-order valence-corrected chi connectivity index (χ0v) is 9.38. The van der Waals surface area contributed by atoms with E-state index in [0.717, 1.165) is 29.7 Å². The minimum Gasteiger partial charge on any atom is -0.481 e. The first-order valence-electron chi connectivity index (χ1n) is 5.50. The van der Waals surface area contributed by atoms with Crippen LogP contribution in [0.3, 0.4) is 0 Å². The van der Waals surface area contributed by atoms with E-state index in [1.807, 2.05) is 18.2 Å². The van der Waals surface area contributed by atoms with Gasteiger partial charge >= 0.3 is 0 Å². The number of Topliss-reactive ketones (excluding diaryl/α,β-unsaturated/α-hetero) is 1. The summed E-state index contributed by atoms with van der Waals surface area (Å²) >= 11 is 0. The lowest BCUT2D eigenvalue weighted by Gasteiger charge is -2.15. The van der Waals surface area contributed by atoms with E-state index in [0.29, 0.717) is 13.0 Å². The lowest BCUT2D eigenvalue weighted by atomic mass is 9.90. The van der Waals surface area contributed by atoms with Gasteiger partial charge in [0.05, 0.1) is 0 Å². The van der Waals surface area contributed by atoms with Gasteiger partial charge < -0.3 is 4.74 Å². The predicted octanol–water partition coefficient (Wildman–Crippen LogP) is 2.61. The molecule has 0 amide bonds. The summed E-state index contributed by atoms with van der Waals surface area (Å²) in [5.41, 5.74) is 1.97. The molecule has 0 aliphatic heterocycles. The first-order chi connectivity index (χ1) is 7.81. The van der Waals surface area contributed by atoms with Crippen LogP contribution in [0.4, 0.5) is 0 Å². The highest BCUT2D eigenvalue weighted by molar-refractivity contribution is 5.98. The van der Waals surface area contributed by atoms with Gasteiger partial charge in [-0.1, -0.05) is 12.0 Å². The second-order valence-electron chi connectivity index (χ2n) is 3.81. The maximum atomic E-state index is 11.7. The zero-order chi connectivity index (χ0) is 11.4. The Kier molecular flexibility index (Phi) is 3.26. The van der Waals surface area contributed by atoms with Gasteiger partial charge in [0.2, 0.25) is 0 Å². The second kappa shape index (κ2) is 4.85. The van der Waals surface area contributed by atoms with Crippen LogP contribution in [0.15, 0.2) is 18.2 Å². The normalized spacial score (nSPS) is 13.7. The summed E-state index contributed by atoms with van der Waals surface area (Å²) in [4.78, 5) is 11.7. The van der Waals surface area contributed by atoms with Crippen molar-refractivity contribution in [1.82, 2.24) is 0 Å². The van der Waals surface area contributed by atoms with Crippen LogP contribution in [0.2, 0.25) is 0 Å². The molecule has 0 bridgehead atoms. The van der Waals surface area contributed by atoms with Gasteiger partial charge in [-0.25, -0.2) is 0 Å². The van der Waals surface area contributed by atoms with Crippen molar-refractivity contribution >= 4 is 5.78 Å². The molecule has 82 valence electrons. The van der Waals surface area contributed by atoms with E-state index >= 15 is 0 Å². The van der Waals surface area contributed by atoms with Crippen LogP contribution in [0.5, 0.6) is 5.75 Å². The number of ketones is 1. The molecule has 2 nitrogen and oxygen atoms in total. The van der Waals surface area contributed by atoms with Crippen molar-refractivity contribution in [2.24, 2.45) is 0 Å². The predicted molar refractivity (Wildman–Crippen MR) is 62.7 cm³/mol. The number of fused-ring (bicyclic) bond motifs is 1. The fraction of sp³-hybridized carbons (Fsp3) is 0.357. The molecule has 0 N–H and O–H groups in total. The van der Waals surface area contributed by atoms with Gasteiger partial charge in [-0.3, -0.25) is 4.79 Å². The molecule has 16 heavy (non-hydrogen) atoms. The SMILES string of the molecule is CC#CCOc1ccc2c(c1)C(=O)CCC2. The third kappa shape index (κ3) is 2.25. The van der Waals surface area contributed by atoms with E-state index in [4.69, 9.17) is 4.74 Å². The number of carbonyl (C=O) groups is 1. The lowest BCUT2D eigenvalue weighted by molar-refractivity contribution is 0.0972. The molecule has 0 radical (unpaired) electrons. The molecular formula is C14H14O2. The number of rotatable bonds is 2. The van der Waals surface area contributed by atoms with Crippen molar-refractivity contribution in [2.75, 3.05) is 6.61 Å². The van der Waals surface area contributed by atoms with E-state index in [1.54, 1.807) is 6.92 Å². The molecule has 1 aromatic rings. The maximum absolute atomic E-state index is 11.7. The molecule has 2 rings (SSSR count). The minimum absolute atomic E-state index is 0.230. The molecule has 0 heterocycles. The molecule has 1 aliphatic rings. The summed E-state index contributed by atoms with van der Waals surface area (Å²) in [5.74, 6) is 6.56. The number of benzene rings is 1. The highest BCUT2D eigenvalue weighted by Crippen LogP contribution is 2.25. The Morgan fingerprint density at radius 2 is 2.25 bits per heavy atom. The van der Waals surface area contributed by atoms with Gasteiger partial charge in [0, 0.05) is 12.0 Å². The molecule has 0 spiro atoms. The van der Waals surface area contributed by atoms with Crippen LogP contribution in [0, 0.1) is 11.8 Å². The highest BCUT2D eigenvalue weighted by Gasteiger charge is 2.17. The molecule has 0 saturated heterocycles.